The van der Waals surface area contributed by atoms with E-state index in [1.165, 1.54) is 0 Å². The van der Waals surface area contributed by atoms with Crippen LogP contribution < -0.4 is 5.43 Å². The van der Waals surface area contributed by atoms with Crippen molar-refractivity contribution in [2.24, 2.45) is 5.10 Å². The summed E-state index contributed by atoms with van der Waals surface area (Å²) in [7, 11) is 0. The molecule has 3 rings (SSSR count). The highest BCUT2D eigenvalue weighted by Gasteiger charge is 2.17. The maximum atomic E-state index is 12.1. The largest absolute Gasteiger partial charge is 0.392 e. The lowest BCUT2D eigenvalue weighted by molar-refractivity contribution is 0.0668. The summed E-state index contributed by atoms with van der Waals surface area (Å²) in [6, 6.07) is 17.1. The number of piperidine rings is 1. The van der Waals surface area contributed by atoms with E-state index in [2.05, 4.69) is 15.4 Å². The predicted molar refractivity (Wildman–Crippen MR) is 98.5 cm³/mol. The lowest BCUT2D eigenvalue weighted by atomic mass is 10.1. The molecule has 1 saturated heterocycles. The molecule has 0 radical (unpaired) electrons. The Labute approximate surface area is 148 Å². The summed E-state index contributed by atoms with van der Waals surface area (Å²) in [5.41, 5.74) is 5.19. The number of amides is 1. The maximum absolute atomic E-state index is 12.1. The van der Waals surface area contributed by atoms with Crippen molar-refractivity contribution in [2.45, 2.75) is 25.5 Å². The lowest BCUT2D eigenvalue weighted by Gasteiger charge is -2.29. The second kappa shape index (κ2) is 8.55. The summed E-state index contributed by atoms with van der Waals surface area (Å²) < 4.78 is 0. The first-order valence-corrected chi connectivity index (χ1v) is 8.58. The highest BCUT2D eigenvalue weighted by Crippen LogP contribution is 2.14. The molecule has 0 aliphatic carbocycles. The third-order valence-electron chi connectivity index (χ3n) is 4.28. The normalized spacial score (nSPS) is 18.4. The van der Waals surface area contributed by atoms with Crippen LogP contribution in [0, 0.1) is 0 Å². The van der Waals surface area contributed by atoms with Crippen molar-refractivity contribution >= 4 is 12.1 Å². The van der Waals surface area contributed by atoms with Crippen LogP contribution in [0.1, 0.15) is 34.3 Å². The third kappa shape index (κ3) is 5.24. The smallest absolute Gasteiger partial charge is 0.271 e. The van der Waals surface area contributed by atoms with Gasteiger partial charge in [0.25, 0.3) is 5.91 Å². The van der Waals surface area contributed by atoms with Gasteiger partial charge in [0.2, 0.25) is 0 Å². The molecule has 2 aromatic carbocycles. The number of hydrogen-bond donors (Lipinski definition) is 2. The van der Waals surface area contributed by atoms with Gasteiger partial charge in [0, 0.05) is 18.7 Å². The molecule has 130 valence electrons. The number of hydrogen-bond acceptors (Lipinski definition) is 4. The minimum atomic E-state index is -0.230. The van der Waals surface area contributed by atoms with Crippen LogP contribution >= 0.6 is 0 Å². The molecule has 1 heterocycles. The van der Waals surface area contributed by atoms with Gasteiger partial charge in [-0.1, -0.05) is 42.5 Å². The monoisotopic (exact) mass is 337 g/mol. The van der Waals surface area contributed by atoms with Crippen LogP contribution in [0.2, 0.25) is 0 Å². The number of aliphatic hydroxyl groups excluding tert-OH is 1. The molecule has 0 spiro atoms. The van der Waals surface area contributed by atoms with Crippen LogP contribution in [-0.4, -0.2) is 41.3 Å². The Morgan fingerprint density at radius 2 is 1.96 bits per heavy atom. The van der Waals surface area contributed by atoms with Crippen LogP contribution in [0.3, 0.4) is 0 Å². The van der Waals surface area contributed by atoms with Gasteiger partial charge in [-0.3, -0.25) is 9.69 Å². The molecule has 1 aliphatic heterocycles. The van der Waals surface area contributed by atoms with E-state index >= 15 is 0 Å². The topological polar surface area (TPSA) is 64.9 Å². The lowest BCUT2D eigenvalue weighted by Crippen LogP contribution is -2.37. The molecule has 1 amide bonds. The van der Waals surface area contributed by atoms with Crippen LogP contribution in [-0.2, 0) is 6.54 Å². The summed E-state index contributed by atoms with van der Waals surface area (Å²) in [6.07, 6.45) is 3.31. The summed E-state index contributed by atoms with van der Waals surface area (Å²) in [6.45, 7) is 2.52. The van der Waals surface area contributed by atoms with E-state index in [0.717, 1.165) is 43.6 Å². The van der Waals surface area contributed by atoms with Crippen molar-refractivity contribution in [2.75, 3.05) is 13.1 Å². The van der Waals surface area contributed by atoms with Crippen LogP contribution in [0.5, 0.6) is 0 Å². The van der Waals surface area contributed by atoms with Gasteiger partial charge in [-0.25, -0.2) is 5.43 Å². The number of carbonyl (C=O) groups excluding carboxylic acids is 1. The van der Waals surface area contributed by atoms with Gasteiger partial charge in [0.1, 0.15) is 0 Å². The van der Waals surface area contributed by atoms with E-state index in [0.29, 0.717) is 5.56 Å². The Morgan fingerprint density at radius 1 is 1.20 bits per heavy atom. The summed E-state index contributed by atoms with van der Waals surface area (Å²) in [5.74, 6) is -0.230. The van der Waals surface area contributed by atoms with Gasteiger partial charge in [0.15, 0.2) is 0 Å². The van der Waals surface area contributed by atoms with Crippen LogP contribution in [0.4, 0.5) is 0 Å². The number of aliphatic hydroxyl groups is 1. The molecule has 0 aromatic heterocycles. The van der Waals surface area contributed by atoms with E-state index in [-0.39, 0.29) is 12.0 Å². The Bertz CT molecular complexity index is 713. The van der Waals surface area contributed by atoms with Gasteiger partial charge in [0.05, 0.1) is 12.3 Å². The molecule has 2 aromatic rings. The van der Waals surface area contributed by atoms with Crippen molar-refractivity contribution in [3.05, 3.63) is 71.3 Å². The zero-order chi connectivity index (χ0) is 17.5. The molecule has 1 atom stereocenters. The first-order chi connectivity index (χ1) is 12.2. The number of nitrogens with one attached hydrogen (secondary N) is 1. The Morgan fingerprint density at radius 3 is 2.68 bits per heavy atom. The second-order valence-corrected chi connectivity index (χ2v) is 6.34. The maximum Gasteiger partial charge on any atom is 0.271 e. The number of carbonyl (C=O) groups is 1. The Kier molecular flexibility index (Phi) is 5.93. The minimum Gasteiger partial charge on any atom is -0.392 e. The second-order valence-electron chi connectivity index (χ2n) is 6.34. The molecule has 0 bridgehead atoms. The highest BCUT2D eigenvalue weighted by atomic mass is 16.3. The first-order valence-electron chi connectivity index (χ1n) is 8.58. The zero-order valence-electron chi connectivity index (χ0n) is 14.1. The van der Waals surface area contributed by atoms with E-state index in [1.54, 1.807) is 6.21 Å². The predicted octanol–water partition coefficient (Wildman–Crippen LogP) is 2.41. The molecule has 1 aliphatic rings. The number of nitrogens with zero attached hydrogens (tertiary/aromatic N) is 2. The fourth-order valence-corrected chi connectivity index (χ4v) is 2.96. The molecule has 0 saturated carbocycles. The van der Waals surface area contributed by atoms with Gasteiger partial charge in [-0.15, -0.1) is 0 Å². The van der Waals surface area contributed by atoms with Crippen LogP contribution in [0.25, 0.3) is 0 Å². The van der Waals surface area contributed by atoms with Gasteiger partial charge in [-0.2, -0.15) is 5.10 Å². The van der Waals surface area contributed by atoms with Gasteiger partial charge >= 0.3 is 0 Å². The zero-order valence-corrected chi connectivity index (χ0v) is 14.1. The van der Waals surface area contributed by atoms with E-state index in [9.17, 15) is 9.90 Å². The molecular formula is C20H23N3O2. The van der Waals surface area contributed by atoms with Gasteiger partial charge < -0.3 is 5.11 Å². The average Bonchev–Trinajstić information content (AvgIpc) is 2.63. The quantitative estimate of drug-likeness (QED) is 0.650. The van der Waals surface area contributed by atoms with E-state index in [1.807, 2.05) is 54.6 Å². The standard InChI is InChI=1S/C20H23N3O2/c24-19-7-4-12-23(15-19)14-17-8-10-18(11-9-17)20(25)22-21-13-16-5-2-1-3-6-16/h1-3,5-6,8-11,13,19,24H,4,7,12,14-15H2,(H,22,25)/b21-13+. The van der Waals surface area contributed by atoms with Crippen molar-refractivity contribution in [1.82, 2.24) is 10.3 Å². The van der Waals surface area contributed by atoms with Crippen molar-refractivity contribution in [3.63, 3.8) is 0 Å². The summed E-state index contributed by atoms with van der Waals surface area (Å²) in [4.78, 5) is 14.4. The fraction of sp³-hybridized carbons (Fsp3) is 0.300. The van der Waals surface area contributed by atoms with E-state index in [4.69, 9.17) is 0 Å². The number of benzene rings is 2. The fourth-order valence-electron chi connectivity index (χ4n) is 2.96. The number of likely N-dealkylation sites (tertiary alicyclic amines) is 1. The van der Waals surface area contributed by atoms with Crippen LogP contribution in [0.15, 0.2) is 59.7 Å². The SMILES string of the molecule is O=C(N/N=C/c1ccccc1)c1ccc(CN2CCCC(O)C2)cc1. The molecule has 1 unspecified atom stereocenters. The van der Waals surface area contributed by atoms with Crippen molar-refractivity contribution < 1.29 is 9.90 Å². The minimum absolute atomic E-state index is 0.221. The Hall–Kier alpha value is -2.50. The first kappa shape index (κ1) is 17.3. The van der Waals surface area contributed by atoms with Gasteiger partial charge in [-0.05, 0) is 42.6 Å². The Balaban J connectivity index is 1.52. The highest BCUT2D eigenvalue weighted by molar-refractivity contribution is 5.94. The summed E-state index contributed by atoms with van der Waals surface area (Å²) >= 11 is 0. The number of β-amino-alcohol motifs (C(OH)–C–C–N with tert-alkyl or cyclic N) is 1. The van der Waals surface area contributed by atoms with Crippen molar-refractivity contribution in [1.29, 1.82) is 0 Å². The molecule has 25 heavy (non-hydrogen) atoms. The molecule has 2 N–H and O–H groups in total. The molecule has 5 nitrogen and oxygen atoms in total. The van der Waals surface area contributed by atoms with Crippen molar-refractivity contribution in [3.8, 4) is 0 Å². The van der Waals surface area contributed by atoms with E-state index < -0.39 is 0 Å². The number of hydrazone groups is 1. The number of rotatable bonds is 5. The molecule has 1 fully saturated rings. The molecule has 5 heteroatoms. The summed E-state index contributed by atoms with van der Waals surface area (Å²) in [5, 5.41) is 13.7. The third-order valence-corrected chi connectivity index (χ3v) is 4.28. The molecular weight excluding hydrogens is 314 g/mol. The average molecular weight is 337 g/mol.